The van der Waals surface area contributed by atoms with Crippen LogP contribution in [-0.4, -0.2) is 26.8 Å². The molecule has 1 aromatic rings. The van der Waals surface area contributed by atoms with E-state index in [1.165, 1.54) is 12.8 Å². The fourth-order valence-electron chi connectivity index (χ4n) is 2.69. The van der Waals surface area contributed by atoms with Gasteiger partial charge in [-0.25, -0.2) is 4.99 Å². The van der Waals surface area contributed by atoms with Gasteiger partial charge in [-0.1, -0.05) is 26.7 Å². The van der Waals surface area contributed by atoms with Gasteiger partial charge in [0.1, 0.15) is 12.4 Å². The summed E-state index contributed by atoms with van der Waals surface area (Å²) in [5.41, 5.74) is 5.95. The van der Waals surface area contributed by atoms with E-state index < -0.39 is 0 Å². The molecule has 1 aromatic heterocycles. The summed E-state index contributed by atoms with van der Waals surface area (Å²) in [7, 11) is 0. The Labute approximate surface area is 127 Å². The second-order valence-electron chi connectivity index (χ2n) is 6.36. The minimum absolute atomic E-state index is 0.358. The van der Waals surface area contributed by atoms with E-state index in [0.717, 1.165) is 43.4 Å². The van der Waals surface area contributed by atoms with Crippen LogP contribution in [-0.2, 0) is 19.5 Å². The van der Waals surface area contributed by atoms with Gasteiger partial charge in [-0.15, -0.1) is 10.2 Å². The summed E-state index contributed by atoms with van der Waals surface area (Å²) in [6.45, 7) is 8.17. The third-order valence-corrected chi connectivity index (χ3v) is 3.89. The van der Waals surface area contributed by atoms with Crippen molar-refractivity contribution in [1.82, 2.24) is 20.1 Å². The molecule has 0 aromatic carbocycles. The molecule has 0 radical (unpaired) electrons. The number of aliphatic imine (C=N–C) groups is 1. The lowest BCUT2D eigenvalue weighted by molar-refractivity contribution is 0.493. The standard InChI is InChI=1S/C15H28N6/c1-11(2)6-4-7-12(3)18-15(16)17-10-14-20-19-13-8-5-9-21(13)14/h11-12H,4-10H2,1-3H3,(H3,16,17,18). The summed E-state index contributed by atoms with van der Waals surface area (Å²) in [5, 5.41) is 11.6. The van der Waals surface area contributed by atoms with E-state index in [4.69, 9.17) is 5.73 Å². The minimum Gasteiger partial charge on any atom is -0.370 e. The highest BCUT2D eigenvalue weighted by Gasteiger charge is 2.16. The van der Waals surface area contributed by atoms with Crippen LogP contribution in [0, 0.1) is 5.92 Å². The van der Waals surface area contributed by atoms with Crippen LogP contribution in [0.25, 0.3) is 0 Å². The van der Waals surface area contributed by atoms with E-state index in [9.17, 15) is 0 Å². The van der Waals surface area contributed by atoms with E-state index in [-0.39, 0.29) is 0 Å². The molecule has 0 amide bonds. The topological polar surface area (TPSA) is 81.1 Å². The fourth-order valence-corrected chi connectivity index (χ4v) is 2.69. The number of aromatic nitrogens is 3. The quantitative estimate of drug-likeness (QED) is 0.593. The van der Waals surface area contributed by atoms with Crippen molar-refractivity contribution in [2.24, 2.45) is 16.6 Å². The Bertz CT molecular complexity index is 477. The van der Waals surface area contributed by atoms with E-state index >= 15 is 0 Å². The van der Waals surface area contributed by atoms with E-state index in [0.29, 0.717) is 18.5 Å². The Hall–Kier alpha value is -1.59. The molecular weight excluding hydrogens is 264 g/mol. The molecule has 3 N–H and O–H groups in total. The number of nitrogens with zero attached hydrogens (tertiary/aromatic N) is 4. The number of rotatable bonds is 7. The Kier molecular flexibility index (Phi) is 5.59. The largest absolute Gasteiger partial charge is 0.370 e. The van der Waals surface area contributed by atoms with Crippen molar-refractivity contribution in [3.8, 4) is 0 Å². The molecule has 6 nitrogen and oxygen atoms in total. The van der Waals surface area contributed by atoms with Crippen LogP contribution in [0.5, 0.6) is 0 Å². The molecule has 21 heavy (non-hydrogen) atoms. The Morgan fingerprint density at radius 1 is 1.33 bits per heavy atom. The molecular formula is C15H28N6. The van der Waals surface area contributed by atoms with Gasteiger partial charge >= 0.3 is 0 Å². The first-order valence-corrected chi connectivity index (χ1v) is 8.03. The summed E-state index contributed by atoms with van der Waals surface area (Å²) < 4.78 is 2.16. The predicted molar refractivity (Wildman–Crippen MR) is 85.0 cm³/mol. The normalized spacial score (nSPS) is 16.3. The molecule has 1 unspecified atom stereocenters. The molecule has 0 fully saturated rings. The third-order valence-electron chi connectivity index (χ3n) is 3.89. The van der Waals surface area contributed by atoms with Gasteiger partial charge in [-0.2, -0.15) is 0 Å². The van der Waals surface area contributed by atoms with Crippen molar-refractivity contribution < 1.29 is 0 Å². The van der Waals surface area contributed by atoms with Crippen LogP contribution in [0.2, 0.25) is 0 Å². The van der Waals surface area contributed by atoms with Gasteiger partial charge in [0, 0.05) is 19.0 Å². The second kappa shape index (κ2) is 7.43. The van der Waals surface area contributed by atoms with Crippen molar-refractivity contribution in [3.05, 3.63) is 11.6 Å². The number of fused-ring (bicyclic) bond motifs is 1. The molecule has 1 aliphatic rings. The Morgan fingerprint density at radius 2 is 2.14 bits per heavy atom. The first-order chi connectivity index (χ1) is 10.1. The summed E-state index contributed by atoms with van der Waals surface area (Å²) >= 11 is 0. The highest BCUT2D eigenvalue weighted by Crippen LogP contribution is 2.14. The van der Waals surface area contributed by atoms with E-state index in [1.54, 1.807) is 0 Å². The Morgan fingerprint density at radius 3 is 2.90 bits per heavy atom. The molecule has 6 heteroatoms. The van der Waals surface area contributed by atoms with Crippen LogP contribution in [0.4, 0.5) is 0 Å². The number of hydrogen-bond acceptors (Lipinski definition) is 3. The van der Waals surface area contributed by atoms with Gasteiger partial charge < -0.3 is 15.6 Å². The van der Waals surface area contributed by atoms with Gasteiger partial charge in [-0.05, 0) is 25.7 Å². The molecule has 1 atom stereocenters. The summed E-state index contributed by atoms with van der Waals surface area (Å²) in [6.07, 6.45) is 5.78. The monoisotopic (exact) mass is 292 g/mol. The molecule has 0 aliphatic carbocycles. The van der Waals surface area contributed by atoms with Crippen molar-refractivity contribution in [3.63, 3.8) is 0 Å². The lowest BCUT2D eigenvalue weighted by Crippen LogP contribution is -2.38. The van der Waals surface area contributed by atoms with Crippen LogP contribution in [0.1, 0.15) is 58.1 Å². The molecule has 118 valence electrons. The third kappa shape index (κ3) is 4.72. The number of nitrogens with two attached hydrogens (primary N) is 1. The van der Waals surface area contributed by atoms with Crippen LogP contribution >= 0.6 is 0 Å². The smallest absolute Gasteiger partial charge is 0.189 e. The Balaban J connectivity index is 1.75. The summed E-state index contributed by atoms with van der Waals surface area (Å²) in [4.78, 5) is 4.39. The van der Waals surface area contributed by atoms with Crippen LogP contribution in [0.15, 0.2) is 4.99 Å². The lowest BCUT2D eigenvalue weighted by Gasteiger charge is -2.15. The molecule has 0 bridgehead atoms. The highest BCUT2D eigenvalue weighted by atomic mass is 15.3. The molecule has 0 saturated heterocycles. The van der Waals surface area contributed by atoms with Crippen LogP contribution < -0.4 is 11.1 Å². The molecule has 0 spiro atoms. The zero-order chi connectivity index (χ0) is 15.2. The van der Waals surface area contributed by atoms with Gasteiger partial charge in [0.25, 0.3) is 0 Å². The zero-order valence-corrected chi connectivity index (χ0v) is 13.5. The van der Waals surface area contributed by atoms with Crippen molar-refractivity contribution >= 4 is 5.96 Å². The minimum atomic E-state index is 0.358. The molecule has 0 saturated carbocycles. The van der Waals surface area contributed by atoms with Gasteiger partial charge in [0.2, 0.25) is 0 Å². The fraction of sp³-hybridized carbons (Fsp3) is 0.800. The maximum absolute atomic E-state index is 5.95. The first kappa shape index (κ1) is 15.8. The van der Waals surface area contributed by atoms with Gasteiger partial charge in [-0.3, -0.25) is 0 Å². The number of guanidine groups is 1. The highest BCUT2D eigenvalue weighted by molar-refractivity contribution is 5.78. The van der Waals surface area contributed by atoms with Gasteiger partial charge in [0.05, 0.1) is 0 Å². The van der Waals surface area contributed by atoms with Crippen molar-refractivity contribution in [2.75, 3.05) is 0 Å². The number of aryl methyl sites for hydroxylation is 1. The average molecular weight is 292 g/mol. The second-order valence-corrected chi connectivity index (χ2v) is 6.36. The predicted octanol–water partition coefficient (Wildman–Crippen LogP) is 1.84. The maximum Gasteiger partial charge on any atom is 0.189 e. The number of nitrogens with one attached hydrogen (secondary N) is 1. The summed E-state index contributed by atoms with van der Waals surface area (Å²) in [5.74, 6) is 3.26. The van der Waals surface area contributed by atoms with Crippen LogP contribution in [0.3, 0.4) is 0 Å². The molecule has 2 heterocycles. The average Bonchev–Trinajstić information content (AvgIpc) is 2.98. The van der Waals surface area contributed by atoms with Gasteiger partial charge in [0.15, 0.2) is 11.8 Å². The van der Waals surface area contributed by atoms with Crippen molar-refractivity contribution in [2.45, 2.75) is 72.0 Å². The van der Waals surface area contributed by atoms with E-state index in [1.807, 2.05) is 0 Å². The maximum atomic E-state index is 5.95. The van der Waals surface area contributed by atoms with Crippen molar-refractivity contribution in [1.29, 1.82) is 0 Å². The zero-order valence-electron chi connectivity index (χ0n) is 13.5. The summed E-state index contributed by atoms with van der Waals surface area (Å²) in [6, 6.07) is 0.358. The molecule has 1 aliphatic heterocycles. The molecule has 2 rings (SSSR count). The lowest BCUT2D eigenvalue weighted by atomic mass is 10.0. The SMILES string of the molecule is CC(C)CCCC(C)NC(N)=NCc1nnc2n1CCC2. The first-order valence-electron chi connectivity index (χ1n) is 8.03. The van der Waals surface area contributed by atoms with E-state index in [2.05, 4.69) is 45.8 Å². The number of hydrogen-bond donors (Lipinski definition) is 2.